The summed E-state index contributed by atoms with van der Waals surface area (Å²) >= 11 is 0. The summed E-state index contributed by atoms with van der Waals surface area (Å²) in [4.78, 5) is 24.7. The molecule has 0 aliphatic heterocycles. The molecule has 0 saturated heterocycles. The van der Waals surface area contributed by atoms with Crippen molar-refractivity contribution >= 4 is 23.1 Å². The van der Waals surface area contributed by atoms with E-state index in [-0.39, 0.29) is 0 Å². The third-order valence-corrected chi connectivity index (χ3v) is 5.79. The van der Waals surface area contributed by atoms with E-state index in [1.807, 2.05) is 25.1 Å². The SMILES string of the molecule is CCCCCCOC(=O)Oc1cc(CC)c(OC(=O)OCCCCCC)c2cc(CC)ccc12. The van der Waals surface area contributed by atoms with Crippen LogP contribution >= 0.6 is 0 Å². The lowest BCUT2D eigenvalue weighted by atomic mass is 9.99. The monoisotopic (exact) mass is 472 g/mol. The maximum absolute atomic E-state index is 12.4. The third-order valence-electron chi connectivity index (χ3n) is 5.79. The fourth-order valence-corrected chi connectivity index (χ4v) is 3.76. The second kappa shape index (κ2) is 15.2. The molecule has 6 nitrogen and oxygen atoms in total. The van der Waals surface area contributed by atoms with E-state index < -0.39 is 12.3 Å². The number of aryl methyl sites for hydroxylation is 2. The highest BCUT2D eigenvalue weighted by atomic mass is 16.7. The van der Waals surface area contributed by atoms with Crippen LogP contribution in [0.1, 0.15) is 90.2 Å². The van der Waals surface area contributed by atoms with E-state index in [0.717, 1.165) is 68.9 Å². The highest BCUT2D eigenvalue weighted by Crippen LogP contribution is 2.38. The average molecular weight is 473 g/mol. The molecule has 0 saturated carbocycles. The van der Waals surface area contributed by atoms with E-state index in [4.69, 9.17) is 18.9 Å². The van der Waals surface area contributed by atoms with Crippen LogP contribution in [-0.4, -0.2) is 25.5 Å². The first-order valence-electron chi connectivity index (χ1n) is 12.8. The lowest BCUT2D eigenvalue weighted by Gasteiger charge is -2.16. The van der Waals surface area contributed by atoms with E-state index in [0.29, 0.717) is 41.9 Å². The van der Waals surface area contributed by atoms with E-state index in [2.05, 4.69) is 20.8 Å². The smallest absolute Gasteiger partial charge is 0.434 e. The van der Waals surface area contributed by atoms with Crippen molar-refractivity contribution in [2.45, 2.75) is 91.9 Å². The number of benzene rings is 2. The van der Waals surface area contributed by atoms with Gasteiger partial charge in [0.2, 0.25) is 0 Å². The van der Waals surface area contributed by atoms with Crippen molar-refractivity contribution in [1.82, 2.24) is 0 Å². The van der Waals surface area contributed by atoms with Crippen LogP contribution in [0.3, 0.4) is 0 Å². The molecule has 0 fully saturated rings. The van der Waals surface area contributed by atoms with Gasteiger partial charge in [0.25, 0.3) is 0 Å². The Morgan fingerprint density at radius 2 is 1.29 bits per heavy atom. The van der Waals surface area contributed by atoms with Gasteiger partial charge in [0.15, 0.2) is 0 Å². The average Bonchev–Trinajstić information content (AvgIpc) is 2.84. The maximum Gasteiger partial charge on any atom is 0.513 e. The summed E-state index contributed by atoms with van der Waals surface area (Å²) in [5, 5.41) is 1.40. The van der Waals surface area contributed by atoms with Gasteiger partial charge in [0.05, 0.1) is 13.2 Å². The molecule has 0 unspecified atom stereocenters. The third kappa shape index (κ3) is 8.54. The number of hydrogen-bond donors (Lipinski definition) is 0. The molecule has 0 aliphatic carbocycles. The minimum absolute atomic E-state index is 0.336. The molecule has 0 atom stereocenters. The van der Waals surface area contributed by atoms with Crippen molar-refractivity contribution < 1.29 is 28.5 Å². The first-order chi connectivity index (χ1) is 16.5. The van der Waals surface area contributed by atoms with Gasteiger partial charge in [-0.15, -0.1) is 0 Å². The minimum Gasteiger partial charge on any atom is -0.434 e. The van der Waals surface area contributed by atoms with Gasteiger partial charge in [0, 0.05) is 10.8 Å². The molecular weight excluding hydrogens is 432 g/mol. The Bertz CT molecular complexity index is 921. The highest BCUT2D eigenvalue weighted by Gasteiger charge is 2.19. The first kappa shape index (κ1) is 27.5. The van der Waals surface area contributed by atoms with Gasteiger partial charge in [-0.1, -0.05) is 78.4 Å². The molecule has 0 aliphatic rings. The molecule has 0 radical (unpaired) electrons. The molecule has 0 amide bonds. The lowest BCUT2D eigenvalue weighted by Crippen LogP contribution is -2.14. The fourth-order valence-electron chi connectivity index (χ4n) is 3.76. The van der Waals surface area contributed by atoms with Crippen LogP contribution in [-0.2, 0) is 22.3 Å². The van der Waals surface area contributed by atoms with Crippen LogP contribution in [0.2, 0.25) is 0 Å². The summed E-state index contributed by atoms with van der Waals surface area (Å²) < 4.78 is 21.8. The van der Waals surface area contributed by atoms with Crippen molar-refractivity contribution in [1.29, 1.82) is 0 Å². The highest BCUT2D eigenvalue weighted by molar-refractivity contribution is 5.97. The summed E-state index contributed by atoms with van der Waals surface area (Å²) in [5.74, 6) is 0.847. The van der Waals surface area contributed by atoms with Gasteiger partial charge in [-0.05, 0) is 48.9 Å². The fraction of sp³-hybridized carbons (Fsp3) is 0.571. The second-order valence-electron chi connectivity index (χ2n) is 8.47. The van der Waals surface area contributed by atoms with Crippen LogP contribution in [0.4, 0.5) is 9.59 Å². The minimum atomic E-state index is -0.723. The van der Waals surface area contributed by atoms with E-state index in [1.54, 1.807) is 6.07 Å². The molecule has 0 bridgehead atoms. The Kier molecular flexibility index (Phi) is 12.3. The predicted octanol–water partition coefficient (Wildman–Crippen LogP) is 8.16. The van der Waals surface area contributed by atoms with Gasteiger partial charge < -0.3 is 18.9 Å². The van der Waals surface area contributed by atoms with Crippen LogP contribution in [0.25, 0.3) is 10.8 Å². The maximum atomic E-state index is 12.4. The zero-order chi connectivity index (χ0) is 24.8. The molecule has 188 valence electrons. The summed E-state index contributed by atoms with van der Waals surface area (Å²) in [7, 11) is 0. The Morgan fingerprint density at radius 3 is 1.85 bits per heavy atom. The normalized spacial score (nSPS) is 10.8. The summed E-state index contributed by atoms with van der Waals surface area (Å²) in [6.07, 6.45) is 8.13. The van der Waals surface area contributed by atoms with Gasteiger partial charge >= 0.3 is 12.3 Å². The number of hydrogen-bond acceptors (Lipinski definition) is 6. The Balaban J connectivity index is 2.22. The van der Waals surface area contributed by atoms with Crippen molar-refractivity contribution in [2.75, 3.05) is 13.2 Å². The number of rotatable bonds is 14. The molecule has 0 N–H and O–H groups in total. The standard InChI is InChI=1S/C28H40O6/c1-5-9-11-13-17-31-27(29)33-25-20-22(8-4)26(24-19-21(7-3)15-16-23(24)25)34-28(30)32-18-14-12-10-6-2/h15-16,19-20H,5-14,17-18H2,1-4H3. The molecule has 0 aromatic heterocycles. The molecule has 2 rings (SSSR count). The lowest BCUT2D eigenvalue weighted by molar-refractivity contribution is 0.0956. The Labute approximate surface area is 203 Å². The number of ether oxygens (including phenoxy) is 4. The van der Waals surface area contributed by atoms with Gasteiger partial charge in [-0.2, -0.15) is 0 Å². The van der Waals surface area contributed by atoms with E-state index in [9.17, 15) is 9.59 Å². The van der Waals surface area contributed by atoms with Gasteiger partial charge in [-0.25, -0.2) is 9.59 Å². The Morgan fingerprint density at radius 1 is 0.676 bits per heavy atom. The van der Waals surface area contributed by atoms with Crippen LogP contribution < -0.4 is 9.47 Å². The van der Waals surface area contributed by atoms with E-state index in [1.165, 1.54) is 0 Å². The summed E-state index contributed by atoms with van der Waals surface area (Å²) in [5.41, 5.74) is 1.84. The quantitative estimate of drug-likeness (QED) is 0.157. The number of carbonyl (C=O) groups excluding carboxylic acids is 2. The number of unbranched alkanes of at least 4 members (excludes halogenated alkanes) is 6. The Hall–Kier alpha value is -2.76. The molecule has 2 aromatic carbocycles. The second-order valence-corrected chi connectivity index (χ2v) is 8.47. The summed E-state index contributed by atoms with van der Waals surface area (Å²) in [6, 6.07) is 7.59. The van der Waals surface area contributed by atoms with Crippen molar-refractivity contribution in [3.05, 3.63) is 35.4 Å². The largest absolute Gasteiger partial charge is 0.513 e. The molecule has 34 heavy (non-hydrogen) atoms. The summed E-state index contributed by atoms with van der Waals surface area (Å²) in [6.45, 7) is 8.97. The van der Waals surface area contributed by atoms with Crippen molar-refractivity contribution in [3.63, 3.8) is 0 Å². The van der Waals surface area contributed by atoms with E-state index >= 15 is 0 Å². The molecule has 2 aromatic rings. The molecule has 6 heteroatoms. The predicted molar refractivity (Wildman–Crippen MR) is 135 cm³/mol. The zero-order valence-corrected chi connectivity index (χ0v) is 21.2. The number of carbonyl (C=O) groups is 2. The molecule has 0 heterocycles. The first-order valence-corrected chi connectivity index (χ1v) is 12.8. The van der Waals surface area contributed by atoms with Crippen molar-refractivity contribution in [3.8, 4) is 11.5 Å². The number of fused-ring (bicyclic) bond motifs is 1. The van der Waals surface area contributed by atoms with Crippen LogP contribution in [0.5, 0.6) is 11.5 Å². The van der Waals surface area contributed by atoms with Gasteiger partial charge in [0.1, 0.15) is 11.5 Å². The van der Waals surface area contributed by atoms with Crippen LogP contribution in [0, 0.1) is 0 Å². The zero-order valence-electron chi connectivity index (χ0n) is 21.2. The van der Waals surface area contributed by atoms with Crippen molar-refractivity contribution in [2.24, 2.45) is 0 Å². The molecular formula is C28H40O6. The van der Waals surface area contributed by atoms with Crippen LogP contribution in [0.15, 0.2) is 24.3 Å². The van der Waals surface area contributed by atoms with Gasteiger partial charge in [-0.3, -0.25) is 0 Å². The topological polar surface area (TPSA) is 71.1 Å². The molecule has 0 spiro atoms.